The lowest BCUT2D eigenvalue weighted by Gasteiger charge is -2.27. The molecule has 1 aromatic rings. The minimum atomic E-state index is -1.22. The summed E-state index contributed by atoms with van der Waals surface area (Å²) in [7, 11) is 4.30. The first-order valence-electron chi connectivity index (χ1n) is 10.8. The third-order valence-corrected chi connectivity index (χ3v) is 6.35. The lowest BCUT2D eigenvalue weighted by molar-refractivity contribution is -0.508. The van der Waals surface area contributed by atoms with Crippen LogP contribution in [0, 0.1) is 10.1 Å². The molecule has 2 atom stereocenters. The van der Waals surface area contributed by atoms with Gasteiger partial charge in [0.1, 0.15) is 11.4 Å². The third-order valence-electron chi connectivity index (χ3n) is 5.06. The Bertz CT molecular complexity index is 1060. The predicted octanol–water partition coefficient (Wildman–Crippen LogP) is 2.94. The summed E-state index contributed by atoms with van der Waals surface area (Å²) < 4.78 is 15.5. The van der Waals surface area contributed by atoms with Crippen molar-refractivity contribution in [2.45, 2.75) is 31.7 Å². The van der Waals surface area contributed by atoms with Gasteiger partial charge >= 0.3 is 5.97 Å². The van der Waals surface area contributed by atoms with Gasteiger partial charge in [0.25, 0.3) is 6.04 Å². The number of carbonyl (C=O) groups excluding carboxylic acids is 3. The first-order valence-corrected chi connectivity index (χ1v) is 11.7. The average Bonchev–Trinajstić information content (AvgIpc) is 3.27. The Morgan fingerprint density at radius 1 is 1.19 bits per heavy atom. The van der Waals surface area contributed by atoms with Gasteiger partial charge in [-0.1, -0.05) is 11.8 Å². The van der Waals surface area contributed by atoms with E-state index in [1.165, 1.54) is 40.2 Å². The number of benzene rings is 1. The number of allylic oxidation sites excluding steroid dienone is 1. The molecule has 0 aliphatic carbocycles. The fourth-order valence-corrected chi connectivity index (χ4v) is 4.33. The summed E-state index contributed by atoms with van der Waals surface area (Å²) in [5.41, 5.74) is 1.03. The van der Waals surface area contributed by atoms with Crippen molar-refractivity contribution < 1.29 is 33.5 Å². The molecular weight excluding hydrogens is 494 g/mol. The fourth-order valence-electron chi connectivity index (χ4n) is 3.28. The van der Waals surface area contributed by atoms with Crippen LogP contribution in [0.1, 0.15) is 20.3 Å². The lowest BCUT2D eigenvalue weighted by atomic mass is 10.2. The topological polar surface area (TPSA) is 162 Å². The number of nitrogens with one attached hydrogen (secondary N) is 1. The number of azo groups is 1. The minimum absolute atomic E-state index is 0.104. The number of esters is 1. The van der Waals surface area contributed by atoms with Crippen molar-refractivity contribution in [2.24, 2.45) is 10.2 Å². The zero-order chi connectivity index (χ0) is 26.8. The van der Waals surface area contributed by atoms with E-state index in [4.69, 9.17) is 14.2 Å². The molecule has 196 valence electrons. The fraction of sp³-hybridized carbons (Fsp3) is 0.500. The van der Waals surface area contributed by atoms with E-state index in [-0.39, 0.29) is 40.9 Å². The Balaban J connectivity index is 2.47. The Morgan fingerprint density at radius 2 is 1.92 bits per heavy atom. The number of methoxy groups -OCH3 is 3. The van der Waals surface area contributed by atoms with Crippen LogP contribution in [0.5, 0.6) is 5.75 Å². The Morgan fingerprint density at radius 3 is 2.47 bits per heavy atom. The molecule has 1 heterocycles. The third kappa shape index (κ3) is 7.75. The van der Waals surface area contributed by atoms with E-state index in [2.05, 4.69) is 15.5 Å². The number of nitrogens with zero attached hydrogens (tertiary/aromatic N) is 4. The molecule has 0 fully saturated rings. The second-order valence-electron chi connectivity index (χ2n) is 7.62. The van der Waals surface area contributed by atoms with Gasteiger partial charge in [-0.3, -0.25) is 24.5 Å². The molecule has 0 bridgehead atoms. The van der Waals surface area contributed by atoms with Crippen molar-refractivity contribution >= 4 is 46.5 Å². The molecule has 0 saturated heterocycles. The van der Waals surface area contributed by atoms with E-state index < -0.39 is 22.3 Å². The van der Waals surface area contributed by atoms with Crippen LogP contribution in [-0.4, -0.2) is 75.0 Å². The van der Waals surface area contributed by atoms with Crippen LogP contribution in [-0.2, 0) is 23.9 Å². The number of hydrogen-bond acceptors (Lipinski definition) is 12. The summed E-state index contributed by atoms with van der Waals surface area (Å²) in [4.78, 5) is 48.3. The quantitative estimate of drug-likeness (QED) is 0.176. The Hall–Kier alpha value is -3.52. The van der Waals surface area contributed by atoms with Crippen LogP contribution >= 0.6 is 11.8 Å². The van der Waals surface area contributed by atoms with Gasteiger partial charge in [0, 0.05) is 44.2 Å². The maximum Gasteiger partial charge on any atom is 0.307 e. The highest BCUT2D eigenvalue weighted by atomic mass is 32.2. The molecule has 1 amide bonds. The average molecular weight is 524 g/mol. The number of thioether (sulfide) groups is 1. The number of Topliss-reactive ketones (excluding diaryl/α,β-unsaturated/α-hetero) is 1. The summed E-state index contributed by atoms with van der Waals surface area (Å²) in [6.45, 7) is 3.70. The van der Waals surface area contributed by atoms with E-state index in [0.29, 0.717) is 24.6 Å². The van der Waals surface area contributed by atoms with Crippen molar-refractivity contribution in [1.29, 1.82) is 0 Å². The SMILES string of the molecule is COCCN(CCC(=O)OC)c1cc(NC(C)=O)c(N=NC2SC(C(C)=O)=CC2[N+](=O)[O-])cc1OC. The molecule has 2 rings (SSSR count). The van der Waals surface area contributed by atoms with E-state index in [1.807, 2.05) is 4.90 Å². The Labute approximate surface area is 212 Å². The standard InChI is InChI=1S/C22H29N5O8S/c1-13(28)20-12-18(27(31)32)22(36-20)25-24-16-11-19(34-4)17(10-15(16)23-14(2)29)26(8-9-33-3)7-6-21(30)35-5/h10-12,18,22H,6-9H2,1-5H3,(H,23,29). The molecule has 36 heavy (non-hydrogen) atoms. The summed E-state index contributed by atoms with van der Waals surface area (Å²) in [5.74, 6) is -0.694. The lowest BCUT2D eigenvalue weighted by Crippen LogP contribution is -2.30. The van der Waals surface area contributed by atoms with Crippen molar-refractivity contribution in [1.82, 2.24) is 0 Å². The molecule has 1 aliphatic rings. The van der Waals surface area contributed by atoms with E-state index in [9.17, 15) is 24.5 Å². The Kier molecular flexibility index (Phi) is 10.8. The van der Waals surface area contributed by atoms with Crippen LogP contribution in [0.4, 0.5) is 17.1 Å². The van der Waals surface area contributed by atoms with Crippen LogP contribution in [0.3, 0.4) is 0 Å². The summed E-state index contributed by atoms with van der Waals surface area (Å²) in [6.07, 6.45) is 1.37. The van der Waals surface area contributed by atoms with Gasteiger partial charge in [-0.25, -0.2) is 0 Å². The number of ether oxygens (including phenoxy) is 3. The van der Waals surface area contributed by atoms with Gasteiger partial charge in [0.2, 0.25) is 5.91 Å². The van der Waals surface area contributed by atoms with Gasteiger partial charge in [0.05, 0.1) is 43.5 Å². The normalized spacial score (nSPS) is 17.0. The van der Waals surface area contributed by atoms with Gasteiger partial charge in [-0.2, -0.15) is 10.2 Å². The molecule has 0 aromatic heterocycles. The van der Waals surface area contributed by atoms with Crippen molar-refractivity contribution in [3.63, 3.8) is 0 Å². The number of carbonyl (C=O) groups is 3. The van der Waals surface area contributed by atoms with Crippen molar-refractivity contribution in [3.8, 4) is 5.75 Å². The number of ketones is 1. The monoisotopic (exact) mass is 523 g/mol. The highest BCUT2D eigenvalue weighted by Gasteiger charge is 2.39. The molecule has 2 unspecified atom stereocenters. The number of nitro groups is 1. The number of rotatable bonds is 13. The molecule has 0 saturated carbocycles. The van der Waals surface area contributed by atoms with Crippen LogP contribution in [0.15, 0.2) is 33.3 Å². The maximum atomic E-state index is 11.9. The summed E-state index contributed by atoms with van der Waals surface area (Å²) >= 11 is 0.958. The molecule has 13 nitrogen and oxygen atoms in total. The van der Waals surface area contributed by atoms with Gasteiger partial charge in [-0.05, 0) is 13.0 Å². The number of amides is 1. The summed E-state index contributed by atoms with van der Waals surface area (Å²) in [5, 5.41) is 21.5. The number of anilines is 2. The van der Waals surface area contributed by atoms with Gasteiger partial charge in [0.15, 0.2) is 11.2 Å². The van der Waals surface area contributed by atoms with Crippen molar-refractivity contribution in [2.75, 3.05) is 51.2 Å². The predicted molar refractivity (Wildman–Crippen MR) is 133 cm³/mol. The molecule has 1 N–H and O–H groups in total. The smallest absolute Gasteiger partial charge is 0.307 e. The van der Waals surface area contributed by atoms with Gasteiger partial charge in [-0.15, -0.1) is 0 Å². The minimum Gasteiger partial charge on any atom is -0.494 e. The summed E-state index contributed by atoms with van der Waals surface area (Å²) in [6, 6.07) is 1.93. The van der Waals surface area contributed by atoms with E-state index in [1.54, 1.807) is 13.2 Å². The first-order chi connectivity index (χ1) is 17.1. The van der Waals surface area contributed by atoms with E-state index >= 15 is 0 Å². The molecule has 1 aromatic carbocycles. The molecule has 14 heteroatoms. The second kappa shape index (κ2) is 13.5. The van der Waals surface area contributed by atoms with E-state index in [0.717, 1.165) is 11.8 Å². The molecular formula is C22H29N5O8S. The molecule has 0 radical (unpaired) electrons. The zero-order valence-corrected chi connectivity index (χ0v) is 21.5. The number of hydrogen-bond donors (Lipinski definition) is 1. The maximum absolute atomic E-state index is 11.9. The van der Waals surface area contributed by atoms with Crippen molar-refractivity contribution in [3.05, 3.63) is 33.2 Å². The van der Waals surface area contributed by atoms with Gasteiger partial charge < -0.3 is 24.4 Å². The van der Waals surface area contributed by atoms with Crippen LogP contribution in [0.25, 0.3) is 0 Å². The highest BCUT2D eigenvalue weighted by molar-refractivity contribution is 8.04. The highest BCUT2D eigenvalue weighted by Crippen LogP contribution is 2.41. The van der Waals surface area contributed by atoms with Crippen LogP contribution < -0.4 is 15.0 Å². The molecule has 1 aliphatic heterocycles. The second-order valence-corrected chi connectivity index (χ2v) is 8.77. The largest absolute Gasteiger partial charge is 0.494 e. The zero-order valence-electron chi connectivity index (χ0n) is 20.7. The first kappa shape index (κ1) is 28.7. The van der Waals surface area contributed by atoms with Crippen LogP contribution in [0.2, 0.25) is 0 Å². The molecule has 0 spiro atoms.